The van der Waals surface area contributed by atoms with Crippen LogP contribution in [0.25, 0.3) is 11.4 Å². The van der Waals surface area contributed by atoms with Crippen LogP contribution in [0.15, 0.2) is 36.7 Å². The van der Waals surface area contributed by atoms with E-state index >= 15 is 0 Å². The van der Waals surface area contributed by atoms with Crippen molar-refractivity contribution in [1.82, 2.24) is 9.97 Å². The molecule has 88 valence electrons. The van der Waals surface area contributed by atoms with Gasteiger partial charge in [0.05, 0.1) is 0 Å². The van der Waals surface area contributed by atoms with Gasteiger partial charge >= 0.3 is 0 Å². The second kappa shape index (κ2) is 5.58. The first-order chi connectivity index (χ1) is 8.29. The fraction of sp³-hybridized carbons (Fsp3) is 0.333. The predicted octanol–water partition coefficient (Wildman–Crippen LogP) is 3.79. The Hall–Kier alpha value is -1.70. The molecule has 0 saturated heterocycles. The number of rotatable bonds is 4. The Bertz CT molecular complexity index is 457. The second-order valence-corrected chi connectivity index (χ2v) is 4.38. The van der Waals surface area contributed by atoms with Gasteiger partial charge in [0, 0.05) is 18.0 Å². The van der Waals surface area contributed by atoms with Crippen LogP contribution in [0.3, 0.4) is 0 Å². The molecule has 0 aliphatic carbocycles. The van der Waals surface area contributed by atoms with Crippen LogP contribution in [0.1, 0.15) is 30.9 Å². The zero-order chi connectivity index (χ0) is 12.1. The van der Waals surface area contributed by atoms with E-state index in [0.717, 1.165) is 17.8 Å². The van der Waals surface area contributed by atoms with Gasteiger partial charge in [-0.2, -0.15) is 0 Å². The summed E-state index contributed by atoms with van der Waals surface area (Å²) in [5.41, 5.74) is 3.56. The highest BCUT2D eigenvalue weighted by Crippen LogP contribution is 2.15. The molecule has 0 bridgehead atoms. The lowest BCUT2D eigenvalue weighted by Crippen LogP contribution is -1.92. The van der Waals surface area contributed by atoms with E-state index in [1.165, 1.54) is 24.0 Å². The number of nitrogens with zero attached hydrogens (tertiary/aromatic N) is 2. The molecule has 2 nitrogen and oxygen atoms in total. The minimum absolute atomic E-state index is 0.810. The summed E-state index contributed by atoms with van der Waals surface area (Å²) in [5, 5.41) is 0. The van der Waals surface area contributed by atoms with E-state index in [1.807, 2.05) is 12.4 Å². The Balaban J connectivity index is 2.14. The first-order valence-corrected chi connectivity index (χ1v) is 6.17. The monoisotopic (exact) mass is 226 g/mol. The molecule has 2 aromatic rings. The Labute approximate surface area is 103 Å². The van der Waals surface area contributed by atoms with Crippen LogP contribution in [-0.2, 0) is 6.42 Å². The van der Waals surface area contributed by atoms with E-state index < -0.39 is 0 Å². The highest BCUT2D eigenvalue weighted by atomic mass is 14.9. The third kappa shape index (κ3) is 3.13. The van der Waals surface area contributed by atoms with Crippen molar-refractivity contribution in [2.24, 2.45) is 0 Å². The van der Waals surface area contributed by atoms with Crippen molar-refractivity contribution in [2.75, 3.05) is 0 Å². The molecule has 1 aromatic heterocycles. The van der Waals surface area contributed by atoms with Crippen LogP contribution in [0, 0.1) is 6.92 Å². The van der Waals surface area contributed by atoms with Crippen LogP contribution >= 0.6 is 0 Å². The number of hydrogen-bond donors (Lipinski definition) is 0. The highest BCUT2D eigenvalue weighted by Gasteiger charge is 2.00. The summed E-state index contributed by atoms with van der Waals surface area (Å²) in [4.78, 5) is 8.84. The molecule has 1 heterocycles. The Morgan fingerprint density at radius 3 is 2.24 bits per heavy atom. The third-order valence-electron chi connectivity index (χ3n) is 2.83. The lowest BCUT2D eigenvalue weighted by molar-refractivity contribution is 0.788. The maximum absolute atomic E-state index is 4.42. The second-order valence-electron chi connectivity index (χ2n) is 4.38. The van der Waals surface area contributed by atoms with Crippen LogP contribution < -0.4 is 0 Å². The standard InChI is InChI=1S/C15H18N2/c1-3-4-5-13-10-16-15(17-11-13)14-8-6-12(2)7-9-14/h6-11H,3-5H2,1-2H3. The van der Waals surface area contributed by atoms with Gasteiger partial charge in [-0.25, -0.2) is 9.97 Å². The predicted molar refractivity (Wildman–Crippen MR) is 70.8 cm³/mol. The van der Waals surface area contributed by atoms with E-state index in [-0.39, 0.29) is 0 Å². The first-order valence-electron chi connectivity index (χ1n) is 6.17. The van der Waals surface area contributed by atoms with Crippen molar-refractivity contribution in [3.8, 4) is 11.4 Å². The zero-order valence-corrected chi connectivity index (χ0v) is 10.5. The van der Waals surface area contributed by atoms with Crippen molar-refractivity contribution < 1.29 is 0 Å². The van der Waals surface area contributed by atoms with E-state index in [4.69, 9.17) is 0 Å². The molecule has 0 spiro atoms. The number of unbranched alkanes of at least 4 members (excludes halogenated alkanes) is 1. The summed E-state index contributed by atoms with van der Waals surface area (Å²) in [7, 11) is 0. The van der Waals surface area contributed by atoms with Crippen LogP contribution in [0.5, 0.6) is 0 Å². The lowest BCUT2D eigenvalue weighted by Gasteiger charge is -2.02. The quantitative estimate of drug-likeness (QED) is 0.792. The molecule has 2 heteroatoms. The summed E-state index contributed by atoms with van der Waals surface area (Å²) in [6.45, 7) is 4.28. The Morgan fingerprint density at radius 1 is 1.00 bits per heavy atom. The van der Waals surface area contributed by atoms with Crippen LogP contribution in [-0.4, -0.2) is 9.97 Å². The normalized spacial score (nSPS) is 10.5. The van der Waals surface area contributed by atoms with Gasteiger partial charge in [0.2, 0.25) is 0 Å². The largest absolute Gasteiger partial charge is 0.236 e. The van der Waals surface area contributed by atoms with E-state index in [9.17, 15) is 0 Å². The van der Waals surface area contributed by atoms with Crippen LogP contribution in [0.2, 0.25) is 0 Å². The Kier molecular flexibility index (Phi) is 3.86. The molecule has 0 radical (unpaired) electrons. The fourth-order valence-corrected chi connectivity index (χ4v) is 1.72. The average Bonchev–Trinajstić information content (AvgIpc) is 2.38. The molecule has 17 heavy (non-hydrogen) atoms. The molecule has 0 fully saturated rings. The lowest BCUT2D eigenvalue weighted by atomic mass is 10.1. The molecular weight excluding hydrogens is 208 g/mol. The summed E-state index contributed by atoms with van der Waals surface area (Å²) in [6, 6.07) is 8.31. The molecule has 0 aliphatic heterocycles. The molecule has 0 N–H and O–H groups in total. The molecule has 0 unspecified atom stereocenters. The fourth-order valence-electron chi connectivity index (χ4n) is 1.72. The topological polar surface area (TPSA) is 25.8 Å². The van der Waals surface area contributed by atoms with Gasteiger partial charge in [0.25, 0.3) is 0 Å². The number of hydrogen-bond acceptors (Lipinski definition) is 2. The molecule has 0 amide bonds. The van der Waals surface area contributed by atoms with Crippen molar-refractivity contribution in [2.45, 2.75) is 33.1 Å². The van der Waals surface area contributed by atoms with E-state index in [1.54, 1.807) is 0 Å². The van der Waals surface area contributed by atoms with Gasteiger partial charge in [-0.15, -0.1) is 0 Å². The average molecular weight is 226 g/mol. The Morgan fingerprint density at radius 2 is 1.65 bits per heavy atom. The SMILES string of the molecule is CCCCc1cnc(-c2ccc(C)cc2)nc1. The molecular formula is C15H18N2. The number of aromatic nitrogens is 2. The van der Waals surface area contributed by atoms with Gasteiger partial charge in [-0.05, 0) is 25.3 Å². The molecule has 0 aliphatic rings. The molecule has 0 atom stereocenters. The van der Waals surface area contributed by atoms with Crippen molar-refractivity contribution in [3.05, 3.63) is 47.8 Å². The van der Waals surface area contributed by atoms with Crippen molar-refractivity contribution in [1.29, 1.82) is 0 Å². The minimum atomic E-state index is 0.810. The summed E-state index contributed by atoms with van der Waals surface area (Å²) in [5.74, 6) is 0.810. The van der Waals surface area contributed by atoms with Crippen molar-refractivity contribution in [3.63, 3.8) is 0 Å². The van der Waals surface area contributed by atoms with Gasteiger partial charge in [0.1, 0.15) is 0 Å². The molecule has 2 rings (SSSR count). The van der Waals surface area contributed by atoms with Crippen LogP contribution in [0.4, 0.5) is 0 Å². The number of aryl methyl sites for hydroxylation is 2. The van der Waals surface area contributed by atoms with Gasteiger partial charge in [-0.3, -0.25) is 0 Å². The maximum atomic E-state index is 4.42. The third-order valence-corrected chi connectivity index (χ3v) is 2.83. The summed E-state index contributed by atoms with van der Waals surface area (Å²) in [6.07, 6.45) is 7.37. The van der Waals surface area contributed by atoms with Gasteiger partial charge < -0.3 is 0 Å². The van der Waals surface area contributed by atoms with Crippen molar-refractivity contribution >= 4 is 0 Å². The van der Waals surface area contributed by atoms with Gasteiger partial charge in [0.15, 0.2) is 5.82 Å². The smallest absolute Gasteiger partial charge is 0.159 e. The van der Waals surface area contributed by atoms with Gasteiger partial charge in [-0.1, -0.05) is 43.2 Å². The minimum Gasteiger partial charge on any atom is -0.236 e. The highest BCUT2D eigenvalue weighted by molar-refractivity contribution is 5.54. The van der Waals surface area contributed by atoms with E-state index in [0.29, 0.717) is 0 Å². The van der Waals surface area contributed by atoms with E-state index in [2.05, 4.69) is 48.1 Å². The molecule has 1 aromatic carbocycles. The number of benzene rings is 1. The molecule has 0 saturated carbocycles. The maximum Gasteiger partial charge on any atom is 0.159 e. The first kappa shape index (κ1) is 11.8. The zero-order valence-electron chi connectivity index (χ0n) is 10.5. The summed E-state index contributed by atoms with van der Waals surface area (Å²) < 4.78 is 0. The summed E-state index contributed by atoms with van der Waals surface area (Å²) >= 11 is 0.